The quantitative estimate of drug-likeness (QED) is 0.423. The van der Waals surface area contributed by atoms with Crippen LogP contribution in [0.4, 0.5) is 4.39 Å². The smallest absolute Gasteiger partial charge is 0.273 e. The Labute approximate surface area is 190 Å². The van der Waals surface area contributed by atoms with Crippen LogP contribution in [0.1, 0.15) is 27.6 Å². The minimum Gasteiger partial charge on any atom is -0.345 e. The lowest BCUT2D eigenvalue weighted by Gasteiger charge is -2.03. The first kappa shape index (κ1) is 20.4. The van der Waals surface area contributed by atoms with Gasteiger partial charge in [-0.05, 0) is 25.1 Å². The highest BCUT2D eigenvalue weighted by Gasteiger charge is 2.16. The van der Waals surface area contributed by atoms with Crippen molar-refractivity contribution in [3.63, 3.8) is 0 Å². The molecule has 12 heteroatoms. The summed E-state index contributed by atoms with van der Waals surface area (Å²) in [5.74, 6) is -1.05. The molecule has 1 N–H and O–H groups in total. The van der Waals surface area contributed by atoms with Crippen LogP contribution in [0.5, 0.6) is 0 Å². The van der Waals surface area contributed by atoms with Crippen molar-refractivity contribution in [3.05, 3.63) is 81.8 Å². The first-order valence-corrected chi connectivity index (χ1v) is 10.3. The highest BCUT2D eigenvalue weighted by Crippen LogP contribution is 2.22. The van der Waals surface area contributed by atoms with Crippen LogP contribution in [-0.2, 0) is 13.1 Å². The molecule has 0 atom stereocenters. The summed E-state index contributed by atoms with van der Waals surface area (Å²) in [6.07, 6.45) is 6.43. The monoisotopic (exact) mass is 472 g/mol. The Kier molecular flexibility index (Phi) is 5.03. The van der Waals surface area contributed by atoms with E-state index in [4.69, 9.17) is 23.2 Å². The first-order chi connectivity index (χ1) is 15.4. The predicted octanol–water partition coefficient (Wildman–Crippen LogP) is 3.31. The lowest BCUT2D eigenvalue weighted by molar-refractivity contribution is 0.0945. The number of hydrogen-bond donors (Lipinski definition) is 1. The Morgan fingerprint density at radius 3 is 2.88 bits per heavy atom. The molecule has 0 unspecified atom stereocenters. The molecule has 0 saturated heterocycles. The molecule has 0 bridgehead atoms. The molecular weight excluding hydrogens is 458 g/mol. The van der Waals surface area contributed by atoms with Gasteiger partial charge in [-0.25, -0.2) is 19.0 Å². The molecule has 0 saturated carbocycles. The van der Waals surface area contributed by atoms with E-state index in [2.05, 4.69) is 25.6 Å². The Bertz CT molecular complexity index is 1490. The van der Waals surface area contributed by atoms with Crippen LogP contribution in [0.25, 0.3) is 11.2 Å². The van der Waals surface area contributed by atoms with Gasteiger partial charge in [0.25, 0.3) is 5.91 Å². The van der Waals surface area contributed by atoms with Crippen LogP contribution in [0.3, 0.4) is 0 Å². The zero-order chi connectivity index (χ0) is 22.4. The summed E-state index contributed by atoms with van der Waals surface area (Å²) < 4.78 is 19.2. The third-order valence-corrected chi connectivity index (χ3v) is 5.74. The second-order valence-electron chi connectivity index (χ2n) is 7.14. The van der Waals surface area contributed by atoms with Crippen LogP contribution in [0, 0.1) is 12.7 Å². The summed E-state index contributed by atoms with van der Waals surface area (Å²) in [4.78, 5) is 21.2. The van der Waals surface area contributed by atoms with Gasteiger partial charge in [0.2, 0.25) is 0 Å². The molecule has 9 nitrogen and oxygen atoms in total. The second-order valence-corrected chi connectivity index (χ2v) is 7.95. The van der Waals surface area contributed by atoms with E-state index in [1.54, 1.807) is 12.3 Å². The number of carbonyl (C=O) groups excluding carboxylic acids is 1. The fraction of sp³-hybridized carbons (Fsp3) is 0.150. The van der Waals surface area contributed by atoms with E-state index in [-0.39, 0.29) is 22.8 Å². The third kappa shape index (κ3) is 3.57. The normalized spacial score (nSPS) is 11.5. The first-order valence-electron chi connectivity index (χ1n) is 9.51. The van der Waals surface area contributed by atoms with Gasteiger partial charge in [0, 0.05) is 18.1 Å². The van der Waals surface area contributed by atoms with Gasteiger partial charge in [0.1, 0.15) is 11.2 Å². The van der Waals surface area contributed by atoms with Gasteiger partial charge in [0.05, 0.1) is 47.0 Å². The minimum atomic E-state index is -0.592. The van der Waals surface area contributed by atoms with Crippen molar-refractivity contribution >= 4 is 40.3 Å². The molecule has 0 radical (unpaired) electrons. The number of imidazole rings is 2. The van der Waals surface area contributed by atoms with Gasteiger partial charge in [-0.2, -0.15) is 0 Å². The Balaban J connectivity index is 1.29. The van der Waals surface area contributed by atoms with E-state index in [9.17, 15) is 9.18 Å². The number of aryl methyl sites for hydroxylation is 1. The number of halogens is 3. The van der Waals surface area contributed by atoms with E-state index in [1.807, 2.05) is 23.6 Å². The molecule has 5 aromatic heterocycles. The lowest BCUT2D eigenvalue weighted by atomic mass is 10.3. The molecule has 5 heterocycles. The summed E-state index contributed by atoms with van der Waals surface area (Å²) in [7, 11) is 0. The summed E-state index contributed by atoms with van der Waals surface area (Å²) in [6, 6.07) is 5.06. The number of nitrogens with one attached hydrogen (secondary N) is 1. The largest absolute Gasteiger partial charge is 0.345 e. The maximum atomic E-state index is 14.3. The number of fused-ring (bicyclic) bond motifs is 2. The summed E-state index contributed by atoms with van der Waals surface area (Å²) >= 11 is 12.0. The van der Waals surface area contributed by atoms with Gasteiger partial charge >= 0.3 is 0 Å². The number of aromatic nitrogens is 7. The van der Waals surface area contributed by atoms with Crippen LogP contribution in [-0.4, -0.2) is 39.7 Å². The highest BCUT2D eigenvalue weighted by atomic mass is 35.5. The average Bonchev–Trinajstić information content (AvgIpc) is 3.51. The van der Waals surface area contributed by atoms with Crippen molar-refractivity contribution in [1.82, 2.24) is 39.1 Å². The van der Waals surface area contributed by atoms with Crippen molar-refractivity contribution < 1.29 is 9.18 Å². The molecular formula is C20H15Cl2FN8O. The molecule has 0 aromatic carbocycles. The van der Waals surface area contributed by atoms with Gasteiger partial charge in [-0.15, -0.1) is 5.10 Å². The molecule has 0 fully saturated rings. The number of hydrogen-bond acceptors (Lipinski definition) is 5. The van der Waals surface area contributed by atoms with Gasteiger partial charge in [0.15, 0.2) is 11.5 Å². The topological polar surface area (TPSA) is 94.4 Å². The van der Waals surface area contributed by atoms with E-state index in [0.29, 0.717) is 17.3 Å². The van der Waals surface area contributed by atoms with Crippen molar-refractivity contribution in [3.8, 4) is 0 Å². The van der Waals surface area contributed by atoms with E-state index >= 15 is 0 Å². The fourth-order valence-corrected chi connectivity index (χ4v) is 3.71. The van der Waals surface area contributed by atoms with Gasteiger partial charge in [-0.3, -0.25) is 4.79 Å². The third-order valence-electron chi connectivity index (χ3n) is 5.05. The van der Waals surface area contributed by atoms with Crippen LogP contribution in [0.15, 0.2) is 43.1 Å². The predicted molar refractivity (Wildman–Crippen MR) is 115 cm³/mol. The standard InChI is InChI=1S/C20H15Cl2FN8O/c1-11-13(21)2-3-17-26-12(8-31(11)17)7-30-9-16(27-28-30)20(32)24-6-15-19-18(23)14(22)4-5-29(19)10-25-15/h2-5,8-10H,6-7H2,1H3,(H,24,32). The summed E-state index contributed by atoms with van der Waals surface area (Å²) in [6.45, 7) is 2.24. The Morgan fingerprint density at radius 2 is 2.03 bits per heavy atom. The van der Waals surface area contributed by atoms with Gasteiger partial charge < -0.3 is 14.1 Å². The highest BCUT2D eigenvalue weighted by molar-refractivity contribution is 6.31. The maximum Gasteiger partial charge on any atom is 0.273 e. The molecule has 0 aliphatic heterocycles. The van der Waals surface area contributed by atoms with Gasteiger partial charge in [-0.1, -0.05) is 28.4 Å². The second kappa shape index (κ2) is 7.88. The van der Waals surface area contributed by atoms with Crippen molar-refractivity contribution in [1.29, 1.82) is 0 Å². The summed E-state index contributed by atoms with van der Waals surface area (Å²) in [5, 5.41) is 11.2. The van der Waals surface area contributed by atoms with Crippen LogP contribution >= 0.6 is 23.2 Å². The van der Waals surface area contributed by atoms with E-state index in [0.717, 1.165) is 17.0 Å². The minimum absolute atomic E-state index is 0.00588. The lowest BCUT2D eigenvalue weighted by Crippen LogP contribution is -2.23. The Morgan fingerprint density at radius 1 is 1.19 bits per heavy atom. The molecule has 0 aliphatic carbocycles. The maximum absolute atomic E-state index is 14.3. The molecule has 5 aromatic rings. The summed E-state index contributed by atoms with van der Waals surface area (Å²) in [5.41, 5.74) is 3.07. The molecule has 32 heavy (non-hydrogen) atoms. The zero-order valence-corrected chi connectivity index (χ0v) is 18.1. The van der Waals surface area contributed by atoms with Crippen LogP contribution in [0.2, 0.25) is 10.0 Å². The number of nitrogens with zero attached hydrogens (tertiary/aromatic N) is 7. The van der Waals surface area contributed by atoms with Crippen molar-refractivity contribution in [2.24, 2.45) is 0 Å². The average molecular weight is 473 g/mol. The number of amides is 1. The number of pyridine rings is 2. The molecule has 162 valence electrons. The molecule has 0 aliphatic rings. The SMILES string of the molecule is Cc1c(Cl)ccc2nc(Cn3cc(C(=O)NCc4ncn5ccc(Cl)c(F)c45)nn3)cn12. The zero-order valence-electron chi connectivity index (χ0n) is 16.6. The molecule has 1 amide bonds. The molecule has 5 rings (SSSR count). The molecule has 0 spiro atoms. The fourth-order valence-electron chi connectivity index (χ4n) is 3.41. The van der Waals surface area contributed by atoms with E-state index < -0.39 is 11.7 Å². The Hall–Kier alpha value is -3.50. The van der Waals surface area contributed by atoms with Crippen molar-refractivity contribution in [2.75, 3.05) is 0 Å². The van der Waals surface area contributed by atoms with Crippen LogP contribution < -0.4 is 5.32 Å². The van der Waals surface area contributed by atoms with Crippen molar-refractivity contribution in [2.45, 2.75) is 20.0 Å². The van der Waals surface area contributed by atoms with E-state index in [1.165, 1.54) is 27.7 Å². The number of carbonyl (C=O) groups is 1. The number of rotatable bonds is 5.